The van der Waals surface area contributed by atoms with E-state index in [0.717, 1.165) is 59.3 Å². The molecule has 1 heterocycles. The number of hydrogen-bond acceptors (Lipinski definition) is 6. The molecule has 7 nitrogen and oxygen atoms in total. The van der Waals surface area contributed by atoms with Gasteiger partial charge in [0, 0.05) is 43.1 Å². The zero-order valence-electron chi connectivity index (χ0n) is 21.7. The molecule has 0 spiro atoms. The molecule has 0 saturated carbocycles. The van der Waals surface area contributed by atoms with E-state index in [0.29, 0.717) is 11.5 Å². The number of aryl methyl sites for hydroxylation is 2. The Kier molecular flexibility index (Phi) is 8.50. The van der Waals surface area contributed by atoms with E-state index in [4.69, 9.17) is 26.4 Å². The van der Waals surface area contributed by atoms with Crippen LogP contribution in [0, 0.1) is 13.8 Å². The van der Waals surface area contributed by atoms with E-state index >= 15 is 0 Å². The van der Waals surface area contributed by atoms with Crippen LogP contribution in [0.15, 0.2) is 60.7 Å². The molecule has 8 heteroatoms. The number of benzene rings is 3. The second-order valence-corrected chi connectivity index (χ2v) is 9.33. The number of piperazine rings is 1. The Bertz CT molecular complexity index is 1230. The minimum absolute atomic E-state index is 0.124. The third-order valence-corrected chi connectivity index (χ3v) is 7.01. The first kappa shape index (κ1) is 26.3. The lowest BCUT2D eigenvalue weighted by Gasteiger charge is -2.37. The molecule has 1 amide bonds. The molecule has 3 aromatic rings. The molecule has 1 fully saturated rings. The van der Waals surface area contributed by atoms with Crippen LogP contribution in [-0.4, -0.2) is 62.8 Å². The second kappa shape index (κ2) is 12.0. The number of hydrogen-bond donors (Lipinski definition) is 1. The molecular formula is C29H33N3O4S. The fraction of sp³-hybridized carbons (Fsp3) is 0.310. The first-order chi connectivity index (χ1) is 17.9. The summed E-state index contributed by atoms with van der Waals surface area (Å²) in [5.74, 6) is 1.66. The highest BCUT2D eigenvalue weighted by Gasteiger charge is 2.21. The fourth-order valence-electron chi connectivity index (χ4n) is 4.39. The van der Waals surface area contributed by atoms with Crippen LogP contribution in [0.4, 0.5) is 11.4 Å². The summed E-state index contributed by atoms with van der Waals surface area (Å²) in [6.07, 6.45) is 0. The lowest BCUT2D eigenvalue weighted by atomic mass is 10.1. The Morgan fingerprint density at radius 3 is 2.19 bits per heavy atom. The third kappa shape index (κ3) is 6.32. The topological polar surface area (TPSA) is 63.3 Å². The summed E-state index contributed by atoms with van der Waals surface area (Å²) in [5, 5.41) is 2.94. The summed E-state index contributed by atoms with van der Waals surface area (Å²) in [6.45, 7) is 7.20. The first-order valence-electron chi connectivity index (χ1n) is 12.2. The molecular weight excluding hydrogens is 486 g/mol. The molecule has 3 aromatic carbocycles. The summed E-state index contributed by atoms with van der Waals surface area (Å²) < 4.78 is 16.6. The number of nitrogens with zero attached hydrogens (tertiary/aromatic N) is 2. The SMILES string of the molecule is COc1ccc(N2CCN(C(=S)c3ccc(OCC(=O)Nc4c(C)cccc4C)c(OC)c3)CC2)cc1. The van der Waals surface area contributed by atoms with Crippen LogP contribution in [0.3, 0.4) is 0 Å². The number of rotatable bonds is 8. The highest BCUT2D eigenvalue weighted by atomic mass is 32.1. The average molecular weight is 520 g/mol. The van der Waals surface area contributed by atoms with Gasteiger partial charge in [-0.3, -0.25) is 4.79 Å². The third-order valence-electron chi connectivity index (χ3n) is 6.52. The van der Waals surface area contributed by atoms with Crippen molar-refractivity contribution in [2.45, 2.75) is 13.8 Å². The monoisotopic (exact) mass is 519 g/mol. The van der Waals surface area contributed by atoms with Gasteiger partial charge in [0.15, 0.2) is 18.1 Å². The number of ether oxygens (including phenoxy) is 3. The number of methoxy groups -OCH3 is 2. The van der Waals surface area contributed by atoms with E-state index in [9.17, 15) is 4.79 Å². The van der Waals surface area contributed by atoms with E-state index < -0.39 is 0 Å². The van der Waals surface area contributed by atoms with Gasteiger partial charge in [0.05, 0.1) is 14.2 Å². The van der Waals surface area contributed by atoms with Gasteiger partial charge in [-0.1, -0.05) is 30.4 Å². The summed E-state index contributed by atoms with van der Waals surface area (Å²) in [5.41, 5.74) is 4.89. The fourth-order valence-corrected chi connectivity index (χ4v) is 4.70. The maximum Gasteiger partial charge on any atom is 0.262 e. The number of para-hydroxylation sites is 1. The van der Waals surface area contributed by atoms with E-state index in [1.54, 1.807) is 20.3 Å². The summed E-state index contributed by atoms with van der Waals surface area (Å²) >= 11 is 5.81. The number of nitrogens with one attached hydrogen (secondary N) is 1. The van der Waals surface area contributed by atoms with E-state index in [1.807, 2.05) is 56.3 Å². The van der Waals surface area contributed by atoms with Gasteiger partial charge in [0.1, 0.15) is 10.7 Å². The van der Waals surface area contributed by atoms with Gasteiger partial charge in [-0.05, 0) is 67.4 Å². The normalized spacial score (nSPS) is 13.2. The summed E-state index contributed by atoms with van der Waals surface area (Å²) in [6, 6.07) is 19.6. The molecule has 4 rings (SSSR count). The number of carbonyl (C=O) groups excluding carboxylic acids is 1. The number of carbonyl (C=O) groups is 1. The van der Waals surface area contributed by atoms with Crippen molar-refractivity contribution in [3.63, 3.8) is 0 Å². The highest BCUT2D eigenvalue weighted by Crippen LogP contribution is 2.29. The molecule has 0 unspecified atom stereocenters. The number of thiocarbonyl (C=S) groups is 1. The Labute approximate surface area is 223 Å². The van der Waals surface area contributed by atoms with Gasteiger partial charge in [0.2, 0.25) is 0 Å². The molecule has 1 aliphatic rings. The van der Waals surface area contributed by atoms with Crippen molar-refractivity contribution in [2.75, 3.05) is 57.2 Å². The van der Waals surface area contributed by atoms with Gasteiger partial charge in [-0.25, -0.2) is 0 Å². The molecule has 1 aliphatic heterocycles. The van der Waals surface area contributed by atoms with E-state index in [1.165, 1.54) is 5.69 Å². The van der Waals surface area contributed by atoms with Gasteiger partial charge in [-0.2, -0.15) is 0 Å². The van der Waals surface area contributed by atoms with Gasteiger partial charge in [-0.15, -0.1) is 0 Å². The zero-order valence-corrected chi connectivity index (χ0v) is 22.6. The molecule has 1 saturated heterocycles. The smallest absolute Gasteiger partial charge is 0.262 e. The van der Waals surface area contributed by atoms with Crippen molar-refractivity contribution >= 4 is 34.5 Å². The quantitative estimate of drug-likeness (QED) is 0.428. The van der Waals surface area contributed by atoms with Crippen molar-refractivity contribution in [3.8, 4) is 17.2 Å². The van der Waals surface area contributed by atoms with Crippen LogP contribution in [0.2, 0.25) is 0 Å². The van der Waals surface area contributed by atoms with Gasteiger partial charge in [0.25, 0.3) is 5.91 Å². The number of amides is 1. The van der Waals surface area contributed by atoms with E-state index in [2.05, 4.69) is 27.2 Å². The zero-order chi connectivity index (χ0) is 26.4. The first-order valence-corrected chi connectivity index (χ1v) is 12.7. The predicted octanol–water partition coefficient (Wildman–Crippen LogP) is 4.84. The molecule has 0 radical (unpaired) electrons. The van der Waals surface area contributed by atoms with Crippen LogP contribution >= 0.6 is 12.2 Å². The lowest BCUT2D eigenvalue weighted by molar-refractivity contribution is -0.118. The van der Waals surface area contributed by atoms with Crippen LogP contribution < -0.4 is 24.4 Å². The average Bonchev–Trinajstić information content (AvgIpc) is 2.93. The van der Waals surface area contributed by atoms with Crippen molar-refractivity contribution in [3.05, 3.63) is 77.4 Å². The van der Waals surface area contributed by atoms with Crippen LogP contribution in [0.1, 0.15) is 16.7 Å². The Morgan fingerprint density at radius 1 is 0.892 bits per heavy atom. The van der Waals surface area contributed by atoms with Crippen molar-refractivity contribution in [1.29, 1.82) is 0 Å². The largest absolute Gasteiger partial charge is 0.497 e. The van der Waals surface area contributed by atoms with Gasteiger partial charge >= 0.3 is 0 Å². The van der Waals surface area contributed by atoms with Crippen molar-refractivity contribution in [2.24, 2.45) is 0 Å². The Hall–Kier alpha value is -3.78. The van der Waals surface area contributed by atoms with E-state index in [-0.39, 0.29) is 12.5 Å². The molecule has 0 aromatic heterocycles. The molecule has 0 aliphatic carbocycles. The Morgan fingerprint density at radius 2 is 1.57 bits per heavy atom. The lowest BCUT2D eigenvalue weighted by Crippen LogP contribution is -2.48. The van der Waals surface area contributed by atoms with Crippen LogP contribution in [-0.2, 0) is 4.79 Å². The molecule has 194 valence electrons. The maximum absolute atomic E-state index is 12.5. The Balaban J connectivity index is 1.34. The molecule has 0 bridgehead atoms. The van der Waals surface area contributed by atoms with Crippen LogP contribution in [0.5, 0.6) is 17.2 Å². The summed E-state index contributed by atoms with van der Waals surface area (Å²) in [7, 11) is 3.26. The summed E-state index contributed by atoms with van der Waals surface area (Å²) in [4.78, 5) is 17.8. The standard InChI is InChI=1S/C29H33N3O4S/c1-20-6-5-7-21(2)28(20)30-27(33)19-36-25-13-8-22(18-26(25)35-4)29(37)32-16-14-31(15-17-32)23-9-11-24(34-3)12-10-23/h5-13,18H,14-17,19H2,1-4H3,(H,30,33). The molecule has 0 atom stereocenters. The van der Waals surface area contributed by atoms with Crippen molar-refractivity contribution < 1.29 is 19.0 Å². The van der Waals surface area contributed by atoms with Crippen LogP contribution in [0.25, 0.3) is 0 Å². The number of anilines is 2. The highest BCUT2D eigenvalue weighted by molar-refractivity contribution is 7.80. The minimum Gasteiger partial charge on any atom is -0.497 e. The van der Waals surface area contributed by atoms with Gasteiger partial charge < -0.3 is 29.3 Å². The molecule has 1 N–H and O–H groups in total. The molecule has 37 heavy (non-hydrogen) atoms. The minimum atomic E-state index is -0.228. The second-order valence-electron chi connectivity index (χ2n) is 8.95. The van der Waals surface area contributed by atoms with Crippen molar-refractivity contribution in [1.82, 2.24) is 4.90 Å². The predicted molar refractivity (Wildman–Crippen MR) is 152 cm³/mol. The maximum atomic E-state index is 12.5.